The highest BCUT2D eigenvalue weighted by molar-refractivity contribution is 6.31. The van der Waals surface area contributed by atoms with Crippen LogP contribution in [0.4, 0.5) is 0 Å². The summed E-state index contributed by atoms with van der Waals surface area (Å²) >= 11 is 6.00. The lowest BCUT2D eigenvalue weighted by Gasteiger charge is -2.09. The molecule has 60 valence electrons. The van der Waals surface area contributed by atoms with Crippen molar-refractivity contribution in [2.75, 3.05) is 0 Å². The Morgan fingerprint density at radius 2 is 2.00 bits per heavy atom. The van der Waals surface area contributed by atoms with Crippen molar-refractivity contribution < 1.29 is 0 Å². The lowest BCUT2D eigenvalue weighted by molar-refractivity contribution is 0.734. The molecular weight excluding hydrogens is 156 g/mol. The molecule has 0 bridgehead atoms. The van der Waals surface area contributed by atoms with Gasteiger partial charge < -0.3 is 0 Å². The normalized spacial score (nSPS) is 13.0. The SMILES string of the molecule is CCC(C)c1ccccc1Cl. The Bertz CT molecular complexity index is 230. The summed E-state index contributed by atoms with van der Waals surface area (Å²) in [6.45, 7) is 4.37. The van der Waals surface area contributed by atoms with Gasteiger partial charge in [-0.05, 0) is 24.0 Å². The fourth-order valence-corrected chi connectivity index (χ4v) is 1.42. The highest BCUT2D eigenvalue weighted by Gasteiger charge is 2.05. The lowest BCUT2D eigenvalue weighted by Crippen LogP contribution is -1.91. The smallest absolute Gasteiger partial charge is 0.0440 e. The van der Waals surface area contributed by atoms with Crippen molar-refractivity contribution >= 4 is 11.6 Å². The monoisotopic (exact) mass is 168 g/mol. The van der Waals surface area contributed by atoms with E-state index in [1.165, 1.54) is 5.56 Å². The van der Waals surface area contributed by atoms with Gasteiger partial charge in [0.05, 0.1) is 0 Å². The molecule has 0 radical (unpaired) electrons. The van der Waals surface area contributed by atoms with Crippen LogP contribution >= 0.6 is 11.6 Å². The first-order valence-electron chi connectivity index (χ1n) is 4.00. The second kappa shape index (κ2) is 3.77. The number of hydrogen-bond donors (Lipinski definition) is 0. The Morgan fingerprint density at radius 3 is 2.55 bits per heavy atom. The summed E-state index contributed by atoms with van der Waals surface area (Å²) in [5.74, 6) is 0.573. The summed E-state index contributed by atoms with van der Waals surface area (Å²) in [6.07, 6.45) is 1.14. The molecule has 1 atom stereocenters. The van der Waals surface area contributed by atoms with Crippen LogP contribution in [0.5, 0.6) is 0 Å². The minimum Gasteiger partial charge on any atom is -0.0840 e. The van der Waals surface area contributed by atoms with Crippen molar-refractivity contribution in [3.63, 3.8) is 0 Å². The third-order valence-corrected chi connectivity index (χ3v) is 2.39. The first kappa shape index (κ1) is 8.61. The van der Waals surface area contributed by atoms with Crippen molar-refractivity contribution in [1.29, 1.82) is 0 Å². The molecule has 1 aromatic rings. The van der Waals surface area contributed by atoms with Crippen molar-refractivity contribution in [2.24, 2.45) is 0 Å². The highest BCUT2D eigenvalue weighted by atomic mass is 35.5. The van der Waals surface area contributed by atoms with Crippen LogP contribution in [0, 0.1) is 0 Å². The molecule has 0 saturated heterocycles. The Kier molecular flexibility index (Phi) is 2.95. The number of halogens is 1. The van der Waals surface area contributed by atoms with E-state index in [2.05, 4.69) is 19.9 Å². The number of benzene rings is 1. The van der Waals surface area contributed by atoms with Gasteiger partial charge in [-0.3, -0.25) is 0 Å². The van der Waals surface area contributed by atoms with Crippen LogP contribution in [0.1, 0.15) is 31.7 Å². The van der Waals surface area contributed by atoms with Gasteiger partial charge in [0.1, 0.15) is 0 Å². The van der Waals surface area contributed by atoms with Crippen LogP contribution in [-0.4, -0.2) is 0 Å². The standard InChI is InChI=1S/C10H13Cl/c1-3-8(2)9-6-4-5-7-10(9)11/h4-8H,3H2,1-2H3. The van der Waals surface area contributed by atoms with Gasteiger partial charge >= 0.3 is 0 Å². The van der Waals surface area contributed by atoms with Gasteiger partial charge in [-0.25, -0.2) is 0 Å². The third kappa shape index (κ3) is 1.97. The van der Waals surface area contributed by atoms with Crippen LogP contribution in [-0.2, 0) is 0 Å². The predicted molar refractivity (Wildman–Crippen MR) is 50.2 cm³/mol. The Balaban J connectivity index is 2.93. The van der Waals surface area contributed by atoms with Crippen LogP contribution in [0.15, 0.2) is 24.3 Å². The zero-order valence-corrected chi connectivity index (χ0v) is 7.73. The molecule has 0 aliphatic carbocycles. The molecular formula is C10H13Cl. The maximum atomic E-state index is 6.00. The first-order chi connectivity index (χ1) is 5.25. The van der Waals surface area contributed by atoms with E-state index >= 15 is 0 Å². The minimum absolute atomic E-state index is 0.573. The second-order valence-electron chi connectivity index (χ2n) is 2.83. The molecule has 0 spiro atoms. The van der Waals surface area contributed by atoms with Crippen molar-refractivity contribution in [1.82, 2.24) is 0 Å². The van der Waals surface area contributed by atoms with E-state index in [0.717, 1.165) is 11.4 Å². The minimum atomic E-state index is 0.573. The van der Waals surface area contributed by atoms with Crippen LogP contribution < -0.4 is 0 Å². The van der Waals surface area contributed by atoms with Crippen molar-refractivity contribution in [2.45, 2.75) is 26.2 Å². The molecule has 0 aliphatic rings. The van der Waals surface area contributed by atoms with Gasteiger partial charge in [0, 0.05) is 5.02 Å². The lowest BCUT2D eigenvalue weighted by atomic mass is 9.99. The molecule has 1 rings (SSSR count). The maximum Gasteiger partial charge on any atom is 0.0440 e. The first-order valence-corrected chi connectivity index (χ1v) is 4.38. The molecule has 1 unspecified atom stereocenters. The van der Waals surface area contributed by atoms with Crippen molar-refractivity contribution in [3.8, 4) is 0 Å². The van der Waals surface area contributed by atoms with Crippen molar-refractivity contribution in [3.05, 3.63) is 34.9 Å². The summed E-state index contributed by atoms with van der Waals surface area (Å²) in [5.41, 5.74) is 1.26. The third-order valence-electron chi connectivity index (χ3n) is 2.05. The van der Waals surface area contributed by atoms with Gasteiger partial charge in [-0.1, -0.05) is 43.6 Å². The zero-order chi connectivity index (χ0) is 8.27. The van der Waals surface area contributed by atoms with Gasteiger partial charge in [-0.15, -0.1) is 0 Å². The molecule has 0 N–H and O–H groups in total. The van der Waals surface area contributed by atoms with Crippen LogP contribution in [0.3, 0.4) is 0 Å². The van der Waals surface area contributed by atoms with E-state index in [1.807, 2.05) is 18.2 Å². The average Bonchev–Trinajstić information content (AvgIpc) is 2.04. The van der Waals surface area contributed by atoms with E-state index in [4.69, 9.17) is 11.6 Å². The van der Waals surface area contributed by atoms with E-state index < -0.39 is 0 Å². The molecule has 0 heterocycles. The van der Waals surface area contributed by atoms with Crippen LogP contribution in [0.2, 0.25) is 5.02 Å². The Morgan fingerprint density at radius 1 is 1.36 bits per heavy atom. The molecule has 0 saturated carbocycles. The average molecular weight is 169 g/mol. The zero-order valence-electron chi connectivity index (χ0n) is 6.97. The van der Waals surface area contributed by atoms with Gasteiger partial charge in [0.2, 0.25) is 0 Å². The summed E-state index contributed by atoms with van der Waals surface area (Å²) in [7, 11) is 0. The molecule has 1 aromatic carbocycles. The number of hydrogen-bond acceptors (Lipinski definition) is 0. The summed E-state index contributed by atoms with van der Waals surface area (Å²) in [4.78, 5) is 0. The van der Waals surface area contributed by atoms with Gasteiger partial charge in [0.25, 0.3) is 0 Å². The quantitative estimate of drug-likeness (QED) is 0.629. The summed E-state index contributed by atoms with van der Waals surface area (Å²) in [5, 5.41) is 0.891. The molecule has 11 heavy (non-hydrogen) atoms. The van der Waals surface area contributed by atoms with E-state index in [9.17, 15) is 0 Å². The molecule has 0 nitrogen and oxygen atoms in total. The second-order valence-corrected chi connectivity index (χ2v) is 3.24. The topological polar surface area (TPSA) is 0 Å². The van der Waals surface area contributed by atoms with Gasteiger partial charge in [0.15, 0.2) is 0 Å². The molecule has 0 aromatic heterocycles. The molecule has 1 heteroatoms. The molecule has 0 fully saturated rings. The van der Waals surface area contributed by atoms with E-state index in [0.29, 0.717) is 5.92 Å². The van der Waals surface area contributed by atoms with E-state index in [-0.39, 0.29) is 0 Å². The summed E-state index contributed by atoms with van der Waals surface area (Å²) < 4.78 is 0. The Labute approximate surface area is 73.2 Å². The van der Waals surface area contributed by atoms with Crippen LogP contribution in [0.25, 0.3) is 0 Å². The predicted octanol–water partition coefficient (Wildman–Crippen LogP) is 3.85. The fourth-order valence-electron chi connectivity index (χ4n) is 1.09. The largest absolute Gasteiger partial charge is 0.0840 e. The highest BCUT2D eigenvalue weighted by Crippen LogP contribution is 2.25. The fraction of sp³-hybridized carbons (Fsp3) is 0.400. The molecule has 0 aliphatic heterocycles. The van der Waals surface area contributed by atoms with E-state index in [1.54, 1.807) is 0 Å². The number of rotatable bonds is 2. The van der Waals surface area contributed by atoms with Gasteiger partial charge in [-0.2, -0.15) is 0 Å². The maximum absolute atomic E-state index is 6.00. The summed E-state index contributed by atoms with van der Waals surface area (Å²) in [6, 6.07) is 8.04. The molecule has 0 amide bonds. The Hall–Kier alpha value is -0.490.